The summed E-state index contributed by atoms with van der Waals surface area (Å²) in [5.41, 5.74) is -0.565. The van der Waals surface area contributed by atoms with Crippen LogP contribution in [0.15, 0.2) is 0 Å². The minimum atomic E-state index is -0.565. The largest absolute Gasteiger partial charge is 0.444 e. The number of nitrogens with one attached hydrogen (secondary N) is 3. The SMILES string of the molecule is CC(C)(C)OC(=O)NCCC(=O)NC1CCCCNC1=O. The fourth-order valence-corrected chi connectivity index (χ4v) is 1.94. The van der Waals surface area contributed by atoms with Gasteiger partial charge < -0.3 is 20.7 Å². The van der Waals surface area contributed by atoms with Crippen molar-refractivity contribution >= 4 is 17.9 Å². The molecule has 1 unspecified atom stereocenters. The van der Waals surface area contributed by atoms with Gasteiger partial charge in [-0.15, -0.1) is 0 Å². The number of amides is 3. The zero-order valence-electron chi connectivity index (χ0n) is 13.0. The van der Waals surface area contributed by atoms with E-state index in [0.717, 1.165) is 12.8 Å². The van der Waals surface area contributed by atoms with E-state index in [0.29, 0.717) is 13.0 Å². The van der Waals surface area contributed by atoms with Crippen LogP contribution in [-0.2, 0) is 14.3 Å². The summed E-state index contributed by atoms with van der Waals surface area (Å²) in [4.78, 5) is 34.8. The van der Waals surface area contributed by atoms with E-state index in [1.165, 1.54) is 0 Å². The summed E-state index contributed by atoms with van der Waals surface area (Å²) in [6.45, 7) is 6.14. The molecule has 1 heterocycles. The van der Waals surface area contributed by atoms with Crippen LogP contribution in [0.25, 0.3) is 0 Å². The molecule has 1 aliphatic rings. The standard InChI is InChI=1S/C14H25N3O4/c1-14(2,3)21-13(20)16-9-7-11(18)17-10-6-4-5-8-15-12(10)19/h10H,4-9H2,1-3H3,(H,15,19)(H,16,20)(H,17,18). The van der Waals surface area contributed by atoms with E-state index in [4.69, 9.17) is 4.74 Å². The molecule has 0 aromatic heterocycles. The average Bonchev–Trinajstić information content (AvgIpc) is 2.52. The van der Waals surface area contributed by atoms with Crippen molar-refractivity contribution in [2.75, 3.05) is 13.1 Å². The Kier molecular flexibility index (Phi) is 6.45. The Balaban J connectivity index is 2.24. The first-order valence-corrected chi connectivity index (χ1v) is 7.32. The fourth-order valence-electron chi connectivity index (χ4n) is 1.94. The molecule has 1 aliphatic heterocycles. The maximum atomic E-state index is 11.8. The Morgan fingerprint density at radius 2 is 2.05 bits per heavy atom. The third-order valence-electron chi connectivity index (χ3n) is 2.89. The molecule has 0 saturated carbocycles. The van der Waals surface area contributed by atoms with E-state index in [-0.39, 0.29) is 24.8 Å². The fraction of sp³-hybridized carbons (Fsp3) is 0.786. The van der Waals surface area contributed by atoms with Crippen LogP contribution in [0.3, 0.4) is 0 Å². The molecular weight excluding hydrogens is 274 g/mol. The minimum Gasteiger partial charge on any atom is -0.444 e. The molecule has 21 heavy (non-hydrogen) atoms. The number of rotatable bonds is 4. The molecule has 1 fully saturated rings. The van der Waals surface area contributed by atoms with Gasteiger partial charge in [-0.1, -0.05) is 0 Å². The molecule has 7 heteroatoms. The topological polar surface area (TPSA) is 96.5 Å². The van der Waals surface area contributed by atoms with E-state index in [2.05, 4.69) is 16.0 Å². The summed E-state index contributed by atoms with van der Waals surface area (Å²) in [6.07, 6.45) is 2.04. The van der Waals surface area contributed by atoms with Crippen LogP contribution in [0.4, 0.5) is 4.79 Å². The summed E-state index contributed by atoms with van der Waals surface area (Å²) in [7, 11) is 0. The molecule has 0 radical (unpaired) electrons. The highest BCUT2D eigenvalue weighted by Crippen LogP contribution is 2.07. The highest BCUT2D eigenvalue weighted by atomic mass is 16.6. The molecule has 0 aliphatic carbocycles. The monoisotopic (exact) mass is 299 g/mol. The van der Waals surface area contributed by atoms with Crippen molar-refractivity contribution in [3.05, 3.63) is 0 Å². The second-order valence-electron chi connectivity index (χ2n) is 6.09. The molecule has 0 spiro atoms. The van der Waals surface area contributed by atoms with Crippen molar-refractivity contribution < 1.29 is 19.1 Å². The van der Waals surface area contributed by atoms with E-state index in [1.807, 2.05) is 0 Å². The van der Waals surface area contributed by atoms with Gasteiger partial charge in [0.1, 0.15) is 11.6 Å². The number of carbonyl (C=O) groups excluding carboxylic acids is 3. The summed E-state index contributed by atoms with van der Waals surface area (Å²) in [5, 5.41) is 7.95. The van der Waals surface area contributed by atoms with Gasteiger partial charge in [0.15, 0.2) is 0 Å². The van der Waals surface area contributed by atoms with Gasteiger partial charge in [0.2, 0.25) is 11.8 Å². The summed E-state index contributed by atoms with van der Waals surface area (Å²) >= 11 is 0. The molecule has 0 aromatic rings. The zero-order valence-corrected chi connectivity index (χ0v) is 13.0. The first-order chi connectivity index (χ1) is 9.78. The summed E-state index contributed by atoms with van der Waals surface area (Å²) in [5.74, 6) is -0.394. The molecule has 3 N–H and O–H groups in total. The molecule has 1 saturated heterocycles. The second-order valence-corrected chi connectivity index (χ2v) is 6.09. The predicted molar refractivity (Wildman–Crippen MR) is 77.6 cm³/mol. The Morgan fingerprint density at radius 1 is 1.33 bits per heavy atom. The summed E-state index contributed by atoms with van der Waals surface area (Å²) in [6, 6.07) is -0.471. The van der Waals surface area contributed by atoms with Crippen LogP contribution in [-0.4, -0.2) is 42.6 Å². The van der Waals surface area contributed by atoms with E-state index in [1.54, 1.807) is 20.8 Å². The lowest BCUT2D eigenvalue weighted by Gasteiger charge is -2.19. The van der Waals surface area contributed by atoms with Crippen molar-refractivity contribution in [2.24, 2.45) is 0 Å². The Morgan fingerprint density at radius 3 is 2.71 bits per heavy atom. The van der Waals surface area contributed by atoms with Gasteiger partial charge in [-0.25, -0.2) is 4.79 Å². The maximum Gasteiger partial charge on any atom is 0.407 e. The minimum absolute atomic E-state index is 0.114. The van der Waals surface area contributed by atoms with Gasteiger partial charge in [-0.05, 0) is 40.0 Å². The lowest BCUT2D eigenvalue weighted by molar-refractivity contribution is -0.128. The lowest BCUT2D eigenvalue weighted by atomic mass is 10.1. The third kappa shape index (κ3) is 7.53. The van der Waals surface area contributed by atoms with Crippen LogP contribution >= 0.6 is 0 Å². The van der Waals surface area contributed by atoms with E-state index in [9.17, 15) is 14.4 Å². The molecule has 0 bridgehead atoms. The molecule has 7 nitrogen and oxygen atoms in total. The molecular formula is C14H25N3O4. The number of hydrogen-bond acceptors (Lipinski definition) is 4. The number of carbonyl (C=O) groups is 3. The van der Waals surface area contributed by atoms with E-state index >= 15 is 0 Å². The van der Waals surface area contributed by atoms with Gasteiger partial charge >= 0.3 is 6.09 Å². The number of hydrogen-bond donors (Lipinski definition) is 3. The Bertz CT molecular complexity index is 390. The van der Waals surface area contributed by atoms with E-state index < -0.39 is 17.7 Å². The molecule has 3 amide bonds. The molecule has 1 atom stereocenters. The van der Waals surface area contributed by atoms with Crippen molar-refractivity contribution in [1.29, 1.82) is 0 Å². The smallest absolute Gasteiger partial charge is 0.407 e. The first kappa shape index (κ1) is 17.3. The second kappa shape index (κ2) is 7.85. The van der Waals surface area contributed by atoms with Gasteiger partial charge in [0.05, 0.1) is 0 Å². The van der Waals surface area contributed by atoms with Crippen molar-refractivity contribution in [2.45, 2.75) is 58.1 Å². The highest BCUT2D eigenvalue weighted by molar-refractivity contribution is 5.87. The van der Waals surface area contributed by atoms with Crippen LogP contribution in [0, 0.1) is 0 Å². The average molecular weight is 299 g/mol. The maximum absolute atomic E-state index is 11.8. The molecule has 1 rings (SSSR count). The van der Waals surface area contributed by atoms with Gasteiger partial charge in [-0.3, -0.25) is 9.59 Å². The van der Waals surface area contributed by atoms with Crippen LogP contribution in [0.1, 0.15) is 46.5 Å². The predicted octanol–water partition coefficient (Wildman–Crippen LogP) is 0.686. The molecule has 120 valence electrons. The third-order valence-corrected chi connectivity index (χ3v) is 2.89. The van der Waals surface area contributed by atoms with Crippen molar-refractivity contribution in [3.63, 3.8) is 0 Å². The number of alkyl carbamates (subject to hydrolysis) is 1. The quantitative estimate of drug-likeness (QED) is 0.711. The molecule has 0 aromatic carbocycles. The van der Waals surface area contributed by atoms with Crippen molar-refractivity contribution in [3.8, 4) is 0 Å². The Labute approximate surface area is 125 Å². The van der Waals surface area contributed by atoms with Gasteiger partial charge in [0, 0.05) is 19.5 Å². The van der Waals surface area contributed by atoms with Crippen LogP contribution < -0.4 is 16.0 Å². The number of ether oxygens (including phenoxy) is 1. The Hall–Kier alpha value is -1.79. The lowest BCUT2D eigenvalue weighted by Crippen LogP contribution is -2.46. The summed E-state index contributed by atoms with van der Waals surface area (Å²) < 4.78 is 5.06. The van der Waals surface area contributed by atoms with Gasteiger partial charge in [-0.2, -0.15) is 0 Å². The normalized spacial score (nSPS) is 19.2. The highest BCUT2D eigenvalue weighted by Gasteiger charge is 2.22. The van der Waals surface area contributed by atoms with Crippen molar-refractivity contribution in [1.82, 2.24) is 16.0 Å². The zero-order chi connectivity index (χ0) is 15.9. The van der Waals surface area contributed by atoms with Crippen LogP contribution in [0.2, 0.25) is 0 Å². The van der Waals surface area contributed by atoms with Gasteiger partial charge in [0.25, 0.3) is 0 Å². The van der Waals surface area contributed by atoms with Crippen LogP contribution in [0.5, 0.6) is 0 Å². The first-order valence-electron chi connectivity index (χ1n) is 7.32.